The van der Waals surface area contributed by atoms with E-state index in [1.165, 1.54) is 37.2 Å². The predicted molar refractivity (Wildman–Crippen MR) is 178 cm³/mol. The van der Waals surface area contributed by atoms with Gasteiger partial charge < -0.3 is 29.7 Å². The van der Waals surface area contributed by atoms with Gasteiger partial charge in [0.25, 0.3) is 0 Å². The van der Waals surface area contributed by atoms with Crippen LogP contribution in [0.2, 0.25) is 0 Å². The molecule has 42 heavy (non-hydrogen) atoms. The quantitative estimate of drug-likeness (QED) is 0.208. The summed E-state index contributed by atoms with van der Waals surface area (Å²) in [6.45, 7) is 10.3. The average Bonchev–Trinajstić information content (AvgIpc) is 2.94. The number of benzene rings is 3. The Labute approximate surface area is 256 Å². The van der Waals surface area contributed by atoms with E-state index in [9.17, 15) is 4.57 Å². The fourth-order valence-electron chi connectivity index (χ4n) is 6.62. The lowest BCUT2D eigenvalue weighted by Gasteiger charge is -2.53. The van der Waals surface area contributed by atoms with Crippen molar-refractivity contribution in [1.29, 1.82) is 0 Å². The first-order chi connectivity index (χ1) is 20.0. The van der Waals surface area contributed by atoms with Gasteiger partial charge in [0.2, 0.25) is 5.95 Å². The molecular formula is C32H38BrN6O2P. The Bertz CT molecular complexity index is 1690. The summed E-state index contributed by atoms with van der Waals surface area (Å²) in [6, 6.07) is 16.3. The van der Waals surface area contributed by atoms with Crippen LogP contribution in [-0.2, 0) is 4.57 Å². The van der Waals surface area contributed by atoms with Gasteiger partial charge in [0.05, 0.1) is 23.0 Å². The maximum Gasteiger partial charge on any atom is 0.229 e. The first kappa shape index (κ1) is 29.0. The molecule has 3 aromatic carbocycles. The highest BCUT2D eigenvalue weighted by Crippen LogP contribution is 2.44. The Balaban J connectivity index is 1.26. The number of aryl methyl sites for hydroxylation is 1. The zero-order valence-electron chi connectivity index (χ0n) is 24.9. The molecule has 0 aliphatic carbocycles. The number of ether oxygens (including phenoxy) is 1. The van der Waals surface area contributed by atoms with E-state index in [1.807, 2.05) is 36.4 Å². The Hall–Kier alpha value is -3.13. The molecule has 0 amide bonds. The van der Waals surface area contributed by atoms with Crippen LogP contribution < -0.4 is 25.6 Å². The van der Waals surface area contributed by atoms with Crippen molar-refractivity contribution in [3.63, 3.8) is 0 Å². The second-order valence-electron chi connectivity index (χ2n) is 12.2. The van der Waals surface area contributed by atoms with Crippen LogP contribution in [0.3, 0.4) is 0 Å². The van der Waals surface area contributed by atoms with Gasteiger partial charge in [0.1, 0.15) is 18.7 Å². The molecule has 0 saturated carbocycles. The number of anilines is 5. The number of fused-ring (bicyclic) bond motifs is 1. The van der Waals surface area contributed by atoms with Crippen molar-refractivity contribution < 1.29 is 9.30 Å². The van der Waals surface area contributed by atoms with Gasteiger partial charge >= 0.3 is 0 Å². The van der Waals surface area contributed by atoms with Crippen molar-refractivity contribution in [3.8, 4) is 5.75 Å². The number of hydrogen-bond acceptors (Lipinski definition) is 8. The Morgan fingerprint density at radius 3 is 2.45 bits per heavy atom. The second-order valence-corrected chi connectivity index (χ2v) is 16.2. The van der Waals surface area contributed by atoms with Gasteiger partial charge in [-0.25, -0.2) is 4.98 Å². The minimum atomic E-state index is -2.62. The van der Waals surface area contributed by atoms with Crippen LogP contribution >= 0.6 is 23.1 Å². The van der Waals surface area contributed by atoms with Gasteiger partial charge in [0, 0.05) is 49.4 Å². The van der Waals surface area contributed by atoms with Gasteiger partial charge in [-0.3, -0.25) is 0 Å². The molecule has 0 bridgehead atoms. The fourth-order valence-corrected chi connectivity index (χ4v) is 8.41. The van der Waals surface area contributed by atoms with E-state index in [0.717, 1.165) is 46.3 Å². The Morgan fingerprint density at radius 2 is 1.76 bits per heavy atom. The maximum atomic E-state index is 13.4. The van der Waals surface area contributed by atoms with Crippen LogP contribution in [0.5, 0.6) is 5.75 Å². The van der Waals surface area contributed by atoms with E-state index in [-0.39, 0.29) is 0 Å². The molecule has 2 aliphatic rings. The van der Waals surface area contributed by atoms with Crippen LogP contribution in [0.25, 0.3) is 10.8 Å². The zero-order chi connectivity index (χ0) is 29.6. The van der Waals surface area contributed by atoms with Gasteiger partial charge in [-0.1, -0.05) is 30.3 Å². The molecule has 8 nitrogen and oxygen atoms in total. The van der Waals surface area contributed by atoms with E-state index >= 15 is 0 Å². The highest BCUT2D eigenvalue weighted by Gasteiger charge is 2.43. The number of likely N-dealkylation sites (tertiary alicyclic amines) is 1. The molecule has 3 heterocycles. The van der Waals surface area contributed by atoms with Crippen molar-refractivity contribution in [1.82, 2.24) is 14.9 Å². The molecule has 0 unspecified atom stereocenters. The summed E-state index contributed by atoms with van der Waals surface area (Å²) in [5, 5.41) is 9.63. The van der Waals surface area contributed by atoms with Crippen LogP contribution in [-0.4, -0.2) is 68.5 Å². The van der Waals surface area contributed by atoms with Crippen molar-refractivity contribution in [2.45, 2.75) is 19.8 Å². The van der Waals surface area contributed by atoms with Gasteiger partial charge in [-0.05, 0) is 90.0 Å². The lowest BCUT2D eigenvalue weighted by atomic mass is 9.72. The molecule has 1 aromatic heterocycles. The molecule has 10 heteroatoms. The molecule has 2 aliphatic heterocycles. The average molecular weight is 650 g/mol. The highest BCUT2D eigenvalue weighted by atomic mass is 79.9. The van der Waals surface area contributed by atoms with Crippen LogP contribution in [0, 0.1) is 12.3 Å². The number of nitrogens with one attached hydrogen (secondary N) is 2. The van der Waals surface area contributed by atoms with Crippen molar-refractivity contribution in [2.75, 3.05) is 69.2 Å². The van der Waals surface area contributed by atoms with Gasteiger partial charge in [-0.15, -0.1) is 0 Å². The zero-order valence-corrected chi connectivity index (χ0v) is 27.3. The number of nitrogens with zero attached hydrogens (tertiary/aromatic N) is 4. The van der Waals surface area contributed by atoms with Crippen LogP contribution in [0.4, 0.5) is 28.8 Å². The Kier molecular flexibility index (Phi) is 7.71. The standard InChI is InChI=1S/C32H38BrN6O2P/c1-21-16-26(28(41-3)17-27(21)39-14-12-32(13-15-39)19-38(2)20-32)36-31-34-18-24(33)30(37-31)35-25-11-10-22-8-6-7-9-23(22)29(25)42(4,5)40/h6-11,16-18H,12-15,19-20H2,1-5H3,(H2,34,35,36,37). The normalized spacial score (nSPS) is 16.9. The Morgan fingerprint density at radius 1 is 1.02 bits per heavy atom. The summed E-state index contributed by atoms with van der Waals surface area (Å²) in [5.74, 6) is 1.75. The monoisotopic (exact) mass is 648 g/mol. The molecule has 0 radical (unpaired) electrons. The second kappa shape index (κ2) is 11.2. The van der Waals surface area contributed by atoms with Crippen LogP contribution in [0.15, 0.2) is 59.2 Å². The molecule has 2 fully saturated rings. The lowest BCUT2D eigenvalue weighted by molar-refractivity contribution is 0.00130. The van der Waals surface area contributed by atoms with E-state index < -0.39 is 7.14 Å². The summed E-state index contributed by atoms with van der Waals surface area (Å²) in [4.78, 5) is 14.2. The minimum Gasteiger partial charge on any atom is -0.494 e. The van der Waals surface area contributed by atoms with Crippen molar-refractivity contribution >= 4 is 68.0 Å². The first-order valence-electron chi connectivity index (χ1n) is 14.3. The molecule has 2 saturated heterocycles. The van der Waals surface area contributed by atoms with E-state index in [1.54, 1.807) is 26.6 Å². The molecule has 1 spiro atoms. The summed E-state index contributed by atoms with van der Waals surface area (Å²) in [5.41, 5.74) is 4.47. The van der Waals surface area contributed by atoms with Crippen LogP contribution in [0.1, 0.15) is 18.4 Å². The molecule has 6 rings (SSSR count). The third kappa shape index (κ3) is 5.62. The summed E-state index contributed by atoms with van der Waals surface area (Å²) >= 11 is 3.59. The first-order valence-corrected chi connectivity index (χ1v) is 17.7. The SMILES string of the molecule is COc1cc(N2CCC3(CC2)CN(C)C3)c(C)cc1Nc1ncc(Br)c(Nc2ccc3ccccc3c2P(C)(C)=O)n1. The van der Waals surface area contributed by atoms with Crippen molar-refractivity contribution in [2.24, 2.45) is 5.41 Å². The third-order valence-corrected chi connectivity index (χ3v) is 10.7. The number of piperidine rings is 1. The van der Waals surface area contributed by atoms with E-state index in [0.29, 0.717) is 21.7 Å². The molecule has 220 valence electrons. The largest absolute Gasteiger partial charge is 0.494 e. The third-order valence-electron chi connectivity index (χ3n) is 8.58. The van der Waals surface area contributed by atoms with E-state index in [4.69, 9.17) is 9.72 Å². The molecule has 0 atom stereocenters. The van der Waals surface area contributed by atoms with Gasteiger partial charge in [0.15, 0.2) is 0 Å². The maximum absolute atomic E-state index is 13.4. The summed E-state index contributed by atoms with van der Waals surface area (Å²) in [6.07, 6.45) is 4.17. The molecule has 2 N–H and O–H groups in total. The highest BCUT2D eigenvalue weighted by molar-refractivity contribution is 9.10. The molecule has 4 aromatic rings. The number of methoxy groups -OCH3 is 1. The number of hydrogen-bond donors (Lipinski definition) is 2. The number of aromatic nitrogens is 2. The number of halogens is 1. The smallest absolute Gasteiger partial charge is 0.229 e. The topological polar surface area (TPSA) is 82.6 Å². The lowest BCUT2D eigenvalue weighted by Crippen LogP contribution is -2.58. The fraction of sp³-hybridized carbons (Fsp3) is 0.375. The van der Waals surface area contributed by atoms with E-state index in [2.05, 4.69) is 67.5 Å². The number of rotatable bonds is 7. The predicted octanol–water partition coefficient (Wildman–Crippen LogP) is 6.98. The van der Waals surface area contributed by atoms with Gasteiger partial charge in [-0.2, -0.15) is 4.98 Å². The molecular weight excluding hydrogens is 611 g/mol. The van der Waals surface area contributed by atoms with Crippen molar-refractivity contribution in [3.05, 3.63) is 64.8 Å². The minimum absolute atomic E-state index is 0.429. The summed E-state index contributed by atoms with van der Waals surface area (Å²) in [7, 11) is 1.28. The summed E-state index contributed by atoms with van der Waals surface area (Å²) < 4.78 is 20.0.